The molecular weight excluding hydrogens is 440 g/mol. The van der Waals surface area contributed by atoms with Crippen LogP contribution in [-0.4, -0.2) is 53.1 Å². The van der Waals surface area contributed by atoms with E-state index in [0.29, 0.717) is 35.9 Å². The molecule has 0 fully saturated rings. The normalized spacial score (nSPS) is 11.5. The number of ether oxygens (including phenoxy) is 1. The lowest BCUT2D eigenvalue weighted by Crippen LogP contribution is -2.41. The third-order valence-electron chi connectivity index (χ3n) is 5.59. The molecule has 9 heteroatoms. The van der Waals surface area contributed by atoms with Gasteiger partial charge < -0.3 is 14.1 Å². The van der Waals surface area contributed by atoms with E-state index in [2.05, 4.69) is 18.7 Å². The second-order valence-corrected chi connectivity index (χ2v) is 8.56. The second-order valence-electron chi connectivity index (χ2n) is 7.55. The first-order valence-electron chi connectivity index (χ1n) is 11.2. The number of likely N-dealkylation sites (N-methyl/N-ethyl adjacent to an activating group) is 1. The maximum atomic E-state index is 13.5. The Kier molecular flexibility index (Phi) is 7.10. The van der Waals surface area contributed by atoms with Crippen molar-refractivity contribution in [3.05, 3.63) is 53.0 Å². The summed E-state index contributed by atoms with van der Waals surface area (Å²) in [7, 11) is 0. The third-order valence-corrected chi connectivity index (χ3v) is 6.63. The molecule has 4 aromatic rings. The molecule has 1 amide bonds. The smallest absolute Gasteiger partial charge is 0.420 e. The van der Waals surface area contributed by atoms with E-state index in [0.717, 1.165) is 29.1 Å². The molecule has 0 spiro atoms. The van der Waals surface area contributed by atoms with Crippen LogP contribution in [0.3, 0.4) is 0 Å². The third kappa shape index (κ3) is 4.94. The Morgan fingerprint density at radius 3 is 2.67 bits per heavy atom. The molecule has 2 aromatic carbocycles. The van der Waals surface area contributed by atoms with Gasteiger partial charge in [-0.15, -0.1) is 0 Å². The molecule has 0 radical (unpaired) electrons. The van der Waals surface area contributed by atoms with Gasteiger partial charge in [0.05, 0.1) is 22.3 Å². The molecule has 2 heterocycles. The van der Waals surface area contributed by atoms with Crippen LogP contribution in [-0.2, 0) is 11.3 Å². The maximum Gasteiger partial charge on any atom is 0.420 e. The van der Waals surface area contributed by atoms with E-state index < -0.39 is 5.76 Å². The zero-order chi connectivity index (χ0) is 23.4. The molecule has 0 N–H and O–H groups in total. The number of aromatic nitrogens is 2. The van der Waals surface area contributed by atoms with Gasteiger partial charge in [-0.3, -0.25) is 14.3 Å². The number of carbonyl (C=O) groups is 1. The standard InChI is InChI=1S/C24H28N4O4S/c1-4-26(5-2)13-14-27(23-25-18-12-11-17(31-6-3)15-21(18)33-23)22(29)16-28-19-9-7-8-10-20(19)32-24(28)30/h7-12,15H,4-6,13-14,16H2,1-3H3. The number of hydrogen-bond donors (Lipinski definition) is 0. The van der Waals surface area contributed by atoms with Crippen molar-refractivity contribution in [3.63, 3.8) is 0 Å². The van der Waals surface area contributed by atoms with Crippen molar-refractivity contribution in [1.29, 1.82) is 0 Å². The van der Waals surface area contributed by atoms with E-state index >= 15 is 0 Å². The first-order valence-corrected chi connectivity index (χ1v) is 12.0. The lowest BCUT2D eigenvalue weighted by atomic mass is 10.3. The van der Waals surface area contributed by atoms with Crippen LogP contribution in [0.2, 0.25) is 0 Å². The van der Waals surface area contributed by atoms with Gasteiger partial charge in [-0.05, 0) is 50.3 Å². The fourth-order valence-electron chi connectivity index (χ4n) is 3.76. The Balaban J connectivity index is 1.66. The highest BCUT2D eigenvalue weighted by atomic mass is 32.1. The number of para-hydroxylation sites is 2. The van der Waals surface area contributed by atoms with Gasteiger partial charge in [0, 0.05) is 13.1 Å². The summed E-state index contributed by atoms with van der Waals surface area (Å²) in [4.78, 5) is 34.6. The molecule has 8 nitrogen and oxygen atoms in total. The van der Waals surface area contributed by atoms with Crippen LogP contribution >= 0.6 is 11.3 Å². The molecule has 0 saturated heterocycles. The monoisotopic (exact) mass is 468 g/mol. The van der Waals surface area contributed by atoms with Crippen molar-refractivity contribution in [3.8, 4) is 5.75 Å². The minimum absolute atomic E-state index is 0.117. The van der Waals surface area contributed by atoms with Crippen molar-refractivity contribution in [2.24, 2.45) is 0 Å². The predicted octanol–water partition coefficient (Wildman–Crippen LogP) is 3.98. The summed E-state index contributed by atoms with van der Waals surface area (Å²) in [6.45, 7) is 9.57. The van der Waals surface area contributed by atoms with Gasteiger partial charge in [-0.2, -0.15) is 0 Å². The number of benzene rings is 2. The number of carbonyl (C=O) groups excluding carboxylic acids is 1. The van der Waals surface area contributed by atoms with Crippen LogP contribution in [0.4, 0.5) is 5.13 Å². The van der Waals surface area contributed by atoms with Crippen LogP contribution in [0.15, 0.2) is 51.7 Å². The van der Waals surface area contributed by atoms with E-state index in [9.17, 15) is 9.59 Å². The molecule has 0 saturated carbocycles. The summed E-state index contributed by atoms with van der Waals surface area (Å²) in [5, 5.41) is 0.608. The van der Waals surface area contributed by atoms with Crippen molar-refractivity contribution in [1.82, 2.24) is 14.5 Å². The van der Waals surface area contributed by atoms with Gasteiger partial charge in [-0.25, -0.2) is 9.78 Å². The first kappa shape index (κ1) is 23.0. The molecular formula is C24H28N4O4S. The fraction of sp³-hybridized carbons (Fsp3) is 0.375. The molecule has 2 aromatic heterocycles. The van der Waals surface area contributed by atoms with E-state index in [1.807, 2.05) is 31.2 Å². The summed E-state index contributed by atoms with van der Waals surface area (Å²) in [6, 6.07) is 12.8. The molecule has 0 atom stereocenters. The molecule has 33 heavy (non-hydrogen) atoms. The van der Waals surface area contributed by atoms with Crippen LogP contribution < -0.4 is 15.4 Å². The minimum Gasteiger partial charge on any atom is -0.494 e. The average Bonchev–Trinajstić information content (AvgIpc) is 3.37. The second kappa shape index (κ2) is 10.2. The highest BCUT2D eigenvalue weighted by Crippen LogP contribution is 2.32. The molecule has 0 aliphatic carbocycles. The molecule has 0 unspecified atom stereocenters. The number of nitrogens with zero attached hydrogens (tertiary/aromatic N) is 4. The number of fused-ring (bicyclic) bond motifs is 2. The number of amides is 1. The zero-order valence-corrected chi connectivity index (χ0v) is 19.9. The van der Waals surface area contributed by atoms with Gasteiger partial charge in [0.2, 0.25) is 5.91 Å². The Morgan fingerprint density at radius 1 is 1.12 bits per heavy atom. The van der Waals surface area contributed by atoms with Gasteiger partial charge in [0.15, 0.2) is 10.7 Å². The molecule has 0 aliphatic rings. The SMILES string of the molecule is CCOc1ccc2nc(N(CCN(CC)CC)C(=O)Cn3c(=O)oc4ccccc43)sc2c1. The van der Waals surface area contributed by atoms with Gasteiger partial charge in [-0.1, -0.05) is 37.3 Å². The Morgan fingerprint density at radius 2 is 1.91 bits per heavy atom. The Labute approximate surface area is 196 Å². The van der Waals surface area contributed by atoms with E-state index in [-0.39, 0.29) is 12.5 Å². The largest absolute Gasteiger partial charge is 0.494 e. The lowest BCUT2D eigenvalue weighted by Gasteiger charge is -2.24. The summed E-state index contributed by atoms with van der Waals surface area (Å²) < 4.78 is 13.2. The first-order chi connectivity index (χ1) is 16.0. The van der Waals surface area contributed by atoms with Gasteiger partial charge in [0.25, 0.3) is 0 Å². The maximum absolute atomic E-state index is 13.5. The van der Waals surface area contributed by atoms with E-state index in [1.165, 1.54) is 15.9 Å². The topological polar surface area (TPSA) is 80.8 Å². The summed E-state index contributed by atoms with van der Waals surface area (Å²) in [6.07, 6.45) is 0. The summed E-state index contributed by atoms with van der Waals surface area (Å²) in [5.41, 5.74) is 1.88. The molecule has 0 bridgehead atoms. The number of thiazole rings is 1. The quantitative estimate of drug-likeness (QED) is 0.350. The van der Waals surface area contributed by atoms with Crippen molar-refractivity contribution in [2.75, 3.05) is 37.7 Å². The van der Waals surface area contributed by atoms with Crippen LogP contribution in [0.5, 0.6) is 5.75 Å². The molecule has 174 valence electrons. The highest BCUT2D eigenvalue weighted by molar-refractivity contribution is 7.22. The minimum atomic E-state index is -0.543. The van der Waals surface area contributed by atoms with Crippen LogP contribution in [0, 0.1) is 0 Å². The van der Waals surface area contributed by atoms with Gasteiger partial charge >= 0.3 is 5.76 Å². The van der Waals surface area contributed by atoms with Gasteiger partial charge in [0.1, 0.15) is 12.3 Å². The lowest BCUT2D eigenvalue weighted by molar-refractivity contribution is -0.119. The highest BCUT2D eigenvalue weighted by Gasteiger charge is 2.23. The van der Waals surface area contributed by atoms with Crippen molar-refractivity contribution >= 4 is 43.7 Å². The number of hydrogen-bond acceptors (Lipinski definition) is 7. The Hall–Kier alpha value is -3.17. The van der Waals surface area contributed by atoms with Crippen LogP contribution in [0.1, 0.15) is 20.8 Å². The predicted molar refractivity (Wildman–Crippen MR) is 131 cm³/mol. The van der Waals surface area contributed by atoms with E-state index in [1.54, 1.807) is 23.1 Å². The molecule has 4 rings (SSSR count). The average molecular weight is 469 g/mol. The Bertz CT molecular complexity index is 1300. The molecule has 0 aliphatic heterocycles. The van der Waals surface area contributed by atoms with Crippen LogP contribution in [0.25, 0.3) is 21.3 Å². The summed E-state index contributed by atoms with van der Waals surface area (Å²) >= 11 is 1.45. The number of rotatable bonds is 10. The van der Waals surface area contributed by atoms with E-state index in [4.69, 9.17) is 14.1 Å². The summed E-state index contributed by atoms with van der Waals surface area (Å²) in [5.74, 6) is 0.0245. The number of oxazole rings is 1. The van der Waals surface area contributed by atoms with Crippen molar-refractivity contribution in [2.45, 2.75) is 27.3 Å². The fourth-order valence-corrected chi connectivity index (χ4v) is 4.79. The number of anilines is 1. The van der Waals surface area contributed by atoms with Crippen molar-refractivity contribution < 1.29 is 13.9 Å². The zero-order valence-electron chi connectivity index (χ0n) is 19.1.